The zero-order valence-corrected chi connectivity index (χ0v) is 24.7. The molecule has 0 aliphatic heterocycles. The highest BCUT2D eigenvalue weighted by Gasteiger charge is 2.50. The number of nitrogens with one attached hydrogen (secondary N) is 1. The minimum Gasteiger partial charge on any atom is -0.368 e. The van der Waals surface area contributed by atoms with Gasteiger partial charge in [0.25, 0.3) is 0 Å². The van der Waals surface area contributed by atoms with Gasteiger partial charge in [-0.15, -0.1) is 5.10 Å². The van der Waals surface area contributed by atoms with E-state index in [-0.39, 0.29) is 23.2 Å². The topological polar surface area (TPSA) is 116 Å². The van der Waals surface area contributed by atoms with Crippen LogP contribution in [0.3, 0.4) is 0 Å². The van der Waals surface area contributed by atoms with Crippen LogP contribution in [0.1, 0.15) is 49.6 Å². The van der Waals surface area contributed by atoms with Gasteiger partial charge in [0.1, 0.15) is 11.7 Å². The van der Waals surface area contributed by atoms with Crippen molar-refractivity contribution in [2.24, 2.45) is 17.1 Å². The number of aryl methyl sites for hydroxylation is 1. The first-order valence-electron chi connectivity index (χ1n) is 13.0. The van der Waals surface area contributed by atoms with E-state index in [1.807, 2.05) is 48.0 Å². The largest absolute Gasteiger partial charge is 0.368 e. The predicted octanol–water partition coefficient (Wildman–Crippen LogP) is 5.74. The fourth-order valence-electron chi connectivity index (χ4n) is 5.46. The van der Waals surface area contributed by atoms with Gasteiger partial charge in [0, 0.05) is 24.5 Å². The third kappa shape index (κ3) is 5.64. The molecule has 208 valence electrons. The normalized spacial score (nSPS) is 18.6. The number of benzene rings is 2. The summed E-state index contributed by atoms with van der Waals surface area (Å²) in [7, 11) is 0. The number of amides is 2. The van der Waals surface area contributed by atoms with Gasteiger partial charge in [0.05, 0.1) is 26.3 Å². The van der Waals surface area contributed by atoms with Crippen LogP contribution >= 0.6 is 34.7 Å². The molecule has 1 fully saturated rings. The molecule has 0 radical (unpaired) electrons. The summed E-state index contributed by atoms with van der Waals surface area (Å²) in [5, 5.41) is 12.8. The van der Waals surface area contributed by atoms with Gasteiger partial charge in [-0.2, -0.15) is 5.10 Å². The summed E-state index contributed by atoms with van der Waals surface area (Å²) in [5.41, 5.74) is 9.76. The van der Waals surface area contributed by atoms with Crippen molar-refractivity contribution in [2.75, 3.05) is 0 Å². The van der Waals surface area contributed by atoms with Gasteiger partial charge < -0.3 is 11.1 Å². The zero-order valence-electron chi connectivity index (χ0n) is 22.4. The molecule has 8 nitrogen and oxygen atoms in total. The average molecular weight is 598 g/mol. The standard InChI is InChI=1S/C29H30Cl2N6O2S/c1-16-27(40-36-34-16)23-15-25(37(35-23)19-9-10-21(30)22(31)14-19)20-12-18(29(20,2)3)13-26(38)33-24(28(32)39)11-17-7-5-4-6-8-17/h4-10,14-15,18,20,24H,11-13H2,1-3H3,(H2,32,39)(H,33,38)/t18-,20-,24+/m1/s1. The lowest BCUT2D eigenvalue weighted by Gasteiger charge is -2.52. The Hall–Kier alpha value is -3.27. The number of carbonyl (C=O) groups is 2. The minimum atomic E-state index is -0.760. The number of hydrogen-bond acceptors (Lipinski definition) is 6. The Morgan fingerprint density at radius 3 is 2.52 bits per heavy atom. The number of primary amides is 1. The van der Waals surface area contributed by atoms with Gasteiger partial charge in [0.2, 0.25) is 11.8 Å². The quantitative estimate of drug-likeness (QED) is 0.255. The molecule has 40 heavy (non-hydrogen) atoms. The van der Waals surface area contributed by atoms with Crippen molar-refractivity contribution in [3.8, 4) is 16.3 Å². The summed E-state index contributed by atoms with van der Waals surface area (Å²) in [6, 6.07) is 16.3. The lowest BCUT2D eigenvalue weighted by Crippen LogP contribution is -2.49. The third-order valence-corrected chi connectivity index (χ3v) is 9.58. The van der Waals surface area contributed by atoms with Gasteiger partial charge in [-0.3, -0.25) is 9.59 Å². The number of hydrogen-bond donors (Lipinski definition) is 2. The molecule has 0 unspecified atom stereocenters. The van der Waals surface area contributed by atoms with Gasteiger partial charge in [-0.1, -0.05) is 71.9 Å². The molecule has 3 N–H and O–H groups in total. The van der Waals surface area contributed by atoms with Crippen LogP contribution in [-0.2, 0) is 16.0 Å². The van der Waals surface area contributed by atoms with Crippen molar-refractivity contribution in [1.29, 1.82) is 0 Å². The molecular weight excluding hydrogens is 567 g/mol. The van der Waals surface area contributed by atoms with E-state index >= 15 is 0 Å². The van der Waals surface area contributed by atoms with Crippen LogP contribution in [0.15, 0.2) is 54.6 Å². The Kier molecular flexibility index (Phi) is 7.99. The molecule has 2 amide bonds. The van der Waals surface area contributed by atoms with Crippen molar-refractivity contribution in [1.82, 2.24) is 24.7 Å². The number of carbonyl (C=O) groups excluding carboxylic acids is 2. The Bertz CT molecular complexity index is 1550. The molecule has 0 saturated heterocycles. The van der Waals surface area contributed by atoms with E-state index in [9.17, 15) is 9.59 Å². The maximum Gasteiger partial charge on any atom is 0.240 e. The summed E-state index contributed by atoms with van der Waals surface area (Å²) < 4.78 is 5.98. The molecule has 3 atom stereocenters. The smallest absolute Gasteiger partial charge is 0.240 e. The molecule has 2 heterocycles. The van der Waals surface area contributed by atoms with E-state index in [1.165, 1.54) is 11.5 Å². The van der Waals surface area contributed by atoms with Gasteiger partial charge in [-0.25, -0.2) is 4.68 Å². The summed E-state index contributed by atoms with van der Waals surface area (Å²) in [6.07, 6.45) is 1.44. The summed E-state index contributed by atoms with van der Waals surface area (Å²) >= 11 is 13.8. The predicted molar refractivity (Wildman–Crippen MR) is 158 cm³/mol. The maximum absolute atomic E-state index is 13.1. The molecular formula is C29H30Cl2N6O2S. The van der Waals surface area contributed by atoms with Crippen molar-refractivity contribution >= 4 is 46.5 Å². The summed E-state index contributed by atoms with van der Waals surface area (Å²) in [4.78, 5) is 26.1. The first-order valence-corrected chi connectivity index (χ1v) is 14.5. The Morgan fingerprint density at radius 1 is 1.15 bits per heavy atom. The number of nitrogens with zero attached hydrogens (tertiary/aromatic N) is 4. The highest BCUT2D eigenvalue weighted by molar-refractivity contribution is 7.09. The first-order chi connectivity index (χ1) is 19.0. The fraction of sp³-hybridized carbons (Fsp3) is 0.345. The Balaban J connectivity index is 1.36. The molecule has 0 bridgehead atoms. The number of aromatic nitrogens is 4. The second-order valence-corrected chi connectivity index (χ2v) is 12.4. The molecule has 1 saturated carbocycles. The van der Waals surface area contributed by atoms with E-state index in [1.54, 1.807) is 12.1 Å². The van der Waals surface area contributed by atoms with Crippen LogP contribution in [0.4, 0.5) is 0 Å². The number of nitrogens with two attached hydrogens (primary N) is 1. The van der Waals surface area contributed by atoms with Crippen LogP contribution in [-0.4, -0.2) is 37.2 Å². The second-order valence-electron chi connectivity index (χ2n) is 10.9. The van der Waals surface area contributed by atoms with Crippen LogP contribution in [0.5, 0.6) is 0 Å². The molecule has 4 aromatic rings. The fourth-order valence-corrected chi connectivity index (χ4v) is 6.36. The Labute approximate surface area is 247 Å². The monoisotopic (exact) mass is 596 g/mol. The summed E-state index contributed by atoms with van der Waals surface area (Å²) in [6.45, 7) is 6.25. The SMILES string of the molecule is Cc1nnsc1-c1cc([C@H]2C[C@H](CC(=O)N[C@@H](Cc3ccccc3)C(N)=O)C2(C)C)n(-c2ccc(Cl)c(Cl)c2)n1. The van der Waals surface area contributed by atoms with E-state index < -0.39 is 11.9 Å². The zero-order chi connectivity index (χ0) is 28.6. The van der Waals surface area contributed by atoms with Gasteiger partial charge in [0.15, 0.2) is 0 Å². The van der Waals surface area contributed by atoms with E-state index in [2.05, 4.69) is 34.8 Å². The Morgan fingerprint density at radius 2 is 1.90 bits per heavy atom. The van der Waals surface area contributed by atoms with Gasteiger partial charge >= 0.3 is 0 Å². The molecule has 2 aromatic carbocycles. The molecule has 2 aromatic heterocycles. The van der Waals surface area contributed by atoms with Crippen molar-refractivity contribution < 1.29 is 9.59 Å². The minimum absolute atomic E-state index is 0.107. The molecule has 0 spiro atoms. The van der Waals surface area contributed by atoms with Crippen LogP contribution in [0.2, 0.25) is 10.0 Å². The van der Waals surface area contributed by atoms with Crippen molar-refractivity contribution in [2.45, 2.75) is 52.0 Å². The lowest BCUT2D eigenvalue weighted by atomic mass is 9.52. The van der Waals surface area contributed by atoms with Crippen molar-refractivity contribution in [3.63, 3.8) is 0 Å². The van der Waals surface area contributed by atoms with Crippen LogP contribution < -0.4 is 11.1 Å². The van der Waals surface area contributed by atoms with E-state index in [4.69, 9.17) is 34.0 Å². The second kappa shape index (κ2) is 11.3. The number of halogens is 2. The molecule has 11 heteroatoms. The van der Waals surface area contributed by atoms with E-state index in [0.717, 1.165) is 39.6 Å². The highest BCUT2D eigenvalue weighted by Crippen LogP contribution is 2.58. The first kappa shape index (κ1) is 28.3. The lowest BCUT2D eigenvalue weighted by molar-refractivity contribution is -0.130. The highest BCUT2D eigenvalue weighted by atomic mass is 35.5. The third-order valence-electron chi connectivity index (χ3n) is 7.99. The van der Waals surface area contributed by atoms with Crippen molar-refractivity contribution in [3.05, 3.63) is 81.6 Å². The van der Waals surface area contributed by atoms with Crippen LogP contribution in [0.25, 0.3) is 16.3 Å². The van der Waals surface area contributed by atoms with Crippen LogP contribution in [0, 0.1) is 18.3 Å². The van der Waals surface area contributed by atoms with E-state index in [0.29, 0.717) is 22.9 Å². The molecule has 5 rings (SSSR count). The maximum atomic E-state index is 13.1. The molecule has 1 aliphatic carbocycles. The molecule has 1 aliphatic rings. The summed E-state index contributed by atoms with van der Waals surface area (Å²) in [5.74, 6) is -0.497. The number of rotatable bonds is 9. The average Bonchev–Trinajstić information content (AvgIpc) is 3.54. The van der Waals surface area contributed by atoms with Gasteiger partial charge in [-0.05, 0) is 66.0 Å².